The molecule has 0 saturated carbocycles. The van der Waals surface area contributed by atoms with E-state index in [1.54, 1.807) is 0 Å². The second kappa shape index (κ2) is 6.23. The summed E-state index contributed by atoms with van der Waals surface area (Å²) in [6.07, 6.45) is 0.655. The van der Waals surface area contributed by atoms with E-state index in [2.05, 4.69) is 47.6 Å². The van der Waals surface area contributed by atoms with Crippen LogP contribution in [0.5, 0.6) is 0 Å². The highest BCUT2D eigenvalue weighted by atomic mass is 15.4. The third kappa shape index (κ3) is 3.04. The molecule has 0 bridgehead atoms. The van der Waals surface area contributed by atoms with Crippen molar-refractivity contribution in [3.8, 4) is 6.07 Å². The summed E-state index contributed by atoms with van der Waals surface area (Å²) < 4.78 is 1.82. The fourth-order valence-corrected chi connectivity index (χ4v) is 2.38. The molecule has 0 N–H and O–H groups in total. The highest BCUT2D eigenvalue weighted by Gasteiger charge is 2.13. The topological polar surface area (TPSA) is 54.5 Å². The largest absolute Gasteiger partial charge is 0.243 e. The molecular formula is C18H16N4. The van der Waals surface area contributed by atoms with Crippen molar-refractivity contribution in [1.82, 2.24) is 15.0 Å². The SMILES string of the molecule is Cc1ccc(Cn2nnc(C#N)c2Cc2ccccc2)cc1. The third-order valence-corrected chi connectivity index (χ3v) is 3.61. The van der Waals surface area contributed by atoms with E-state index < -0.39 is 0 Å². The number of benzene rings is 2. The van der Waals surface area contributed by atoms with Crippen LogP contribution in [0.2, 0.25) is 0 Å². The zero-order valence-electron chi connectivity index (χ0n) is 12.4. The highest BCUT2D eigenvalue weighted by Crippen LogP contribution is 2.14. The van der Waals surface area contributed by atoms with Gasteiger partial charge in [0.15, 0.2) is 5.69 Å². The summed E-state index contributed by atoms with van der Waals surface area (Å²) in [6.45, 7) is 2.69. The van der Waals surface area contributed by atoms with Crippen LogP contribution < -0.4 is 0 Å². The number of aromatic nitrogens is 3. The molecule has 0 aliphatic rings. The van der Waals surface area contributed by atoms with Crippen molar-refractivity contribution in [1.29, 1.82) is 5.26 Å². The molecule has 4 nitrogen and oxygen atoms in total. The molecule has 108 valence electrons. The van der Waals surface area contributed by atoms with E-state index in [0.29, 0.717) is 18.7 Å². The molecule has 0 amide bonds. The van der Waals surface area contributed by atoms with Crippen LogP contribution in [0.25, 0.3) is 0 Å². The fourth-order valence-electron chi connectivity index (χ4n) is 2.38. The van der Waals surface area contributed by atoms with E-state index in [4.69, 9.17) is 0 Å². The number of hydrogen-bond acceptors (Lipinski definition) is 3. The van der Waals surface area contributed by atoms with Gasteiger partial charge >= 0.3 is 0 Å². The molecule has 0 atom stereocenters. The lowest BCUT2D eigenvalue weighted by Gasteiger charge is -2.07. The van der Waals surface area contributed by atoms with Gasteiger partial charge in [-0.25, -0.2) is 4.68 Å². The number of hydrogen-bond donors (Lipinski definition) is 0. The van der Waals surface area contributed by atoms with Gasteiger partial charge in [0.2, 0.25) is 0 Å². The lowest BCUT2D eigenvalue weighted by Crippen LogP contribution is -2.08. The summed E-state index contributed by atoms with van der Waals surface area (Å²) in [5.74, 6) is 0. The molecule has 0 unspecified atom stereocenters. The van der Waals surface area contributed by atoms with Crippen molar-refractivity contribution in [2.45, 2.75) is 19.9 Å². The molecule has 0 saturated heterocycles. The first-order valence-electron chi connectivity index (χ1n) is 7.18. The van der Waals surface area contributed by atoms with E-state index in [9.17, 15) is 5.26 Å². The Morgan fingerprint density at radius 2 is 1.73 bits per heavy atom. The Morgan fingerprint density at radius 3 is 2.41 bits per heavy atom. The normalized spacial score (nSPS) is 10.4. The maximum Gasteiger partial charge on any atom is 0.186 e. The predicted molar refractivity (Wildman–Crippen MR) is 84.3 cm³/mol. The third-order valence-electron chi connectivity index (χ3n) is 3.61. The molecule has 4 heteroatoms. The average molecular weight is 288 g/mol. The number of aryl methyl sites for hydroxylation is 1. The molecule has 2 aromatic carbocycles. The molecule has 0 radical (unpaired) electrons. The highest BCUT2D eigenvalue weighted by molar-refractivity contribution is 5.31. The van der Waals surface area contributed by atoms with Crippen LogP contribution in [-0.4, -0.2) is 15.0 Å². The van der Waals surface area contributed by atoms with Crippen molar-refractivity contribution in [2.24, 2.45) is 0 Å². The number of nitriles is 1. The van der Waals surface area contributed by atoms with Gasteiger partial charge in [-0.2, -0.15) is 5.26 Å². The van der Waals surface area contributed by atoms with Crippen LogP contribution in [0.1, 0.15) is 28.1 Å². The summed E-state index contributed by atoms with van der Waals surface area (Å²) in [4.78, 5) is 0. The molecule has 0 aliphatic heterocycles. The van der Waals surface area contributed by atoms with Gasteiger partial charge in [0.1, 0.15) is 6.07 Å². The maximum atomic E-state index is 9.25. The van der Waals surface area contributed by atoms with E-state index in [-0.39, 0.29) is 0 Å². The summed E-state index contributed by atoms with van der Waals surface area (Å²) >= 11 is 0. The average Bonchev–Trinajstić information content (AvgIpc) is 2.92. The van der Waals surface area contributed by atoms with Crippen molar-refractivity contribution in [2.75, 3.05) is 0 Å². The van der Waals surface area contributed by atoms with Crippen LogP contribution in [0.3, 0.4) is 0 Å². The fraction of sp³-hybridized carbons (Fsp3) is 0.167. The Labute approximate surface area is 129 Å². The van der Waals surface area contributed by atoms with Gasteiger partial charge in [-0.1, -0.05) is 65.4 Å². The molecule has 22 heavy (non-hydrogen) atoms. The molecule has 0 aliphatic carbocycles. The summed E-state index contributed by atoms with van der Waals surface area (Å²) in [5, 5.41) is 17.4. The van der Waals surface area contributed by atoms with Crippen LogP contribution >= 0.6 is 0 Å². The minimum atomic E-state index is 0.399. The van der Waals surface area contributed by atoms with Crippen LogP contribution in [-0.2, 0) is 13.0 Å². The smallest absolute Gasteiger partial charge is 0.186 e. The summed E-state index contributed by atoms with van der Waals surface area (Å²) in [7, 11) is 0. The van der Waals surface area contributed by atoms with Crippen molar-refractivity contribution < 1.29 is 0 Å². The molecule has 1 heterocycles. The van der Waals surface area contributed by atoms with Gasteiger partial charge in [-0.3, -0.25) is 0 Å². The summed E-state index contributed by atoms with van der Waals surface area (Å²) in [6, 6.07) is 20.5. The number of rotatable bonds is 4. The molecule has 3 rings (SSSR count). The Bertz CT molecular complexity index is 795. The second-order valence-electron chi connectivity index (χ2n) is 5.30. The van der Waals surface area contributed by atoms with Gasteiger partial charge in [-0.05, 0) is 18.1 Å². The zero-order valence-corrected chi connectivity index (χ0v) is 12.4. The Balaban J connectivity index is 1.90. The molecule has 1 aromatic heterocycles. The van der Waals surface area contributed by atoms with Gasteiger partial charge in [0, 0.05) is 6.42 Å². The molecular weight excluding hydrogens is 272 g/mol. The van der Waals surface area contributed by atoms with Crippen LogP contribution in [0.15, 0.2) is 54.6 Å². The molecule has 0 spiro atoms. The van der Waals surface area contributed by atoms with Gasteiger partial charge in [0.05, 0.1) is 12.2 Å². The standard InChI is InChI=1S/C18H16N4/c1-14-7-9-16(10-8-14)13-22-18(17(12-19)20-21-22)11-15-5-3-2-4-6-15/h2-10H,11,13H2,1H3. The Morgan fingerprint density at radius 1 is 1.00 bits per heavy atom. The lowest BCUT2D eigenvalue weighted by molar-refractivity contribution is 0.625. The Hall–Kier alpha value is -2.93. The van der Waals surface area contributed by atoms with Gasteiger partial charge in [-0.15, -0.1) is 5.10 Å². The predicted octanol–water partition coefficient (Wildman–Crippen LogP) is 3.10. The van der Waals surface area contributed by atoms with E-state index in [1.165, 1.54) is 5.56 Å². The first kappa shape index (κ1) is 14.0. The van der Waals surface area contributed by atoms with Gasteiger partial charge < -0.3 is 0 Å². The summed E-state index contributed by atoms with van der Waals surface area (Å²) in [5.41, 5.74) is 4.77. The van der Waals surface area contributed by atoms with E-state index in [0.717, 1.165) is 16.8 Å². The first-order chi connectivity index (χ1) is 10.8. The molecule has 3 aromatic rings. The lowest BCUT2D eigenvalue weighted by atomic mass is 10.1. The maximum absolute atomic E-state index is 9.25. The van der Waals surface area contributed by atoms with Crippen molar-refractivity contribution in [3.05, 3.63) is 82.7 Å². The van der Waals surface area contributed by atoms with E-state index >= 15 is 0 Å². The zero-order chi connectivity index (χ0) is 15.4. The molecule has 0 fully saturated rings. The van der Waals surface area contributed by atoms with Crippen molar-refractivity contribution >= 4 is 0 Å². The van der Waals surface area contributed by atoms with Crippen LogP contribution in [0, 0.1) is 18.3 Å². The minimum Gasteiger partial charge on any atom is -0.243 e. The van der Waals surface area contributed by atoms with Crippen molar-refractivity contribution in [3.63, 3.8) is 0 Å². The quantitative estimate of drug-likeness (QED) is 0.741. The van der Waals surface area contributed by atoms with E-state index in [1.807, 2.05) is 35.0 Å². The Kier molecular flexibility index (Phi) is 3.97. The number of nitrogens with zero attached hydrogens (tertiary/aromatic N) is 4. The van der Waals surface area contributed by atoms with Gasteiger partial charge in [0.25, 0.3) is 0 Å². The monoisotopic (exact) mass is 288 g/mol. The first-order valence-corrected chi connectivity index (χ1v) is 7.18. The minimum absolute atomic E-state index is 0.399. The second-order valence-corrected chi connectivity index (χ2v) is 5.30. The van der Waals surface area contributed by atoms with Crippen LogP contribution in [0.4, 0.5) is 0 Å².